The van der Waals surface area contributed by atoms with Crippen molar-refractivity contribution in [1.82, 2.24) is 20.2 Å². The van der Waals surface area contributed by atoms with E-state index in [-0.39, 0.29) is 17.6 Å². The van der Waals surface area contributed by atoms with Gasteiger partial charge in [-0.2, -0.15) is 0 Å². The van der Waals surface area contributed by atoms with Crippen LogP contribution < -0.4 is 10.2 Å². The maximum Gasteiger partial charge on any atom is 0.234 e. The zero-order chi connectivity index (χ0) is 16.2. The monoisotopic (exact) mass is 332 g/mol. The largest absolute Gasteiger partial charge is 0.324 e. The molecule has 1 aliphatic heterocycles. The first kappa shape index (κ1) is 15.5. The van der Waals surface area contributed by atoms with E-state index in [9.17, 15) is 9.59 Å². The minimum absolute atomic E-state index is 0.0891. The fraction of sp³-hybridized carbons (Fsp3) is 0.357. The molecule has 120 valence electrons. The first-order valence-corrected chi connectivity index (χ1v) is 8.18. The first-order chi connectivity index (χ1) is 11.1. The predicted molar refractivity (Wildman–Crippen MR) is 86.2 cm³/mol. The van der Waals surface area contributed by atoms with E-state index in [2.05, 4.69) is 20.8 Å². The number of para-hydroxylation sites is 2. The highest BCUT2D eigenvalue weighted by molar-refractivity contribution is 7.99. The molecule has 0 bridgehead atoms. The number of aryl methyl sites for hydroxylation is 1. The van der Waals surface area contributed by atoms with Crippen LogP contribution in [0.25, 0.3) is 0 Å². The minimum atomic E-state index is -0.169. The van der Waals surface area contributed by atoms with Gasteiger partial charge in [0.15, 0.2) is 0 Å². The molecule has 0 atom stereocenters. The first-order valence-electron chi connectivity index (χ1n) is 7.19. The van der Waals surface area contributed by atoms with E-state index in [1.54, 1.807) is 18.0 Å². The molecular weight excluding hydrogens is 316 g/mol. The van der Waals surface area contributed by atoms with Crippen LogP contribution >= 0.6 is 11.8 Å². The summed E-state index contributed by atoms with van der Waals surface area (Å²) in [5.41, 5.74) is 1.39. The number of benzene rings is 1. The fourth-order valence-electron chi connectivity index (χ4n) is 2.38. The summed E-state index contributed by atoms with van der Waals surface area (Å²) in [6.45, 7) is 0.686. The third kappa shape index (κ3) is 3.50. The van der Waals surface area contributed by atoms with Crippen LogP contribution in [0.4, 0.5) is 11.4 Å². The van der Waals surface area contributed by atoms with Gasteiger partial charge in [0.2, 0.25) is 17.0 Å². The number of tetrazole rings is 1. The Bertz CT molecular complexity index is 732. The second kappa shape index (κ2) is 6.78. The highest BCUT2D eigenvalue weighted by Crippen LogP contribution is 2.29. The van der Waals surface area contributed by atoms with Gasteiger partial charge in [0.05, 0.1) is 17.1 Å². The van der Waals surface area contributed by atoms with Crippen molar-refractivity contribution in [2.45, 2.75) is 18.0 Å². The van der Waals surface area contributed by atoms with Crippen LogP contribution in [0.15, 0.2) is 29.4 Å². The molecule has 0 radical (unpaired) electrons. The lowest BCUT2D eigenvalue weighted by Gasteiger charge is -2.19. The van der Waals surface area contributed by atoms with E-state index in [1.165, 1.54) is 16.4 Å². The number of anilines is 2. The Morgan fingerprint density at radius 1 is 1.39 bits per heavy atom. The average molecular weight is 332 g/mol. The molecule has 0 saturated carbocycles. The van der Waals surface area contributed by atoms with E-state index < -0.39 is 0 Å². The van der Waals surface area contributed by atoms with Crippen LogP contribution in [0.5, 0.6) is 0 Å². The molecule has 3 rings (SSSR count). The van der Waals surface area contributed by atoms with E-state index >= 15 is 0 Å². The topological polar surface area (TPSA) is 93.0 Å². The Labute approximate surface area is 137 Å². The number of carbonyl (C=O) groups is 2. The maximum atomic E-state index is 12.2. The van der Waals surface area contributed by atoms with E-state index in [0.29, 0.717) is 23.8 Å². The van der Waals surface area contributed by atoms with E-state index in [4.69, 9.17) is 0 Å². The second-order valence-corrected chi connectivity index (χ2v) is 6.03. The third-order valence-corrected chi connectivity index (χ3v) is 4.47. The molecule has 1 saturated heterocycles. The quantitative estimate of drug-likeness (QED) is 0.823. The van der Waals surface area contributed by atoms with Crippen molar-refractivity contribution in [2.75, 3.05) is 22.5 Å². The normalized spacial score (nSPS) is 14.3. The van der Waals surface area contributed by atoms with Crippen molar-refractivity contribution in [2.24, 2.45) is 7.05 Å². The Kier molecular flexibility index (Phi) is 4.56. The van der Waals surface area contributed by atoms with Gasteiger partial charge in [-0.3, -0.25) is 9.59 Å². The van der Waals surface area contributed by atoms with Crippen LogP contribution in [0.1, 0.15) is 12.8 Å². The lowest BCUT2D eigenvalue weighted by atomic mass is 10.2. The summed E-state index contributed by atoms with van der Waals surface area (Å²) in [6, 6.07) is 7.34. The minimum Gasteiger partial charge on any atom is -0.324 e. The molecule has 0 spiro atoms. The number of hydrogen-bond donors (Lipinski definition) is 1. The summed E-state index contributed by atoms with van der Waals surface area (Å²) in [7, 11) is 1.72. The molecule has 0 unspecified atom stereocenters. The molecule has 2 amide bonds. The van der Waals surface area contributed by atoms with Crippen LogP contribution in [0.3, 0.4) is 0 Å². The van der Waals surface area contributed by atoms with Gasteiger partial charge in [-0.25, -0.2) is 4.68 Å². The number of aromatic nitrogens is 4. The van der Waals surface area contributed by atoms with Gasteiger partial charge in [-0.1, -0.05) is 23.9 Å². The van der Waals surface area contributed by atoms with Gasteiger partial charge in [0, 0.05) is 20.0 Å². The van der Waals surface area contributed by atoms with Crippen LogP contribution in [-0.4, -0.2) is 44.3 Å². The van der Waals surface area contributed by atoms with Crippen molar-refractivity contribution in [3.8, 4) is 0 Å². The van der Waals surface area contributed by atoms with Gasteiger partial charge in [-0.05, 0) is 29.0 Å². The fourth-order valence-corrected chi connectivity index (χ4v) is 3.03. The highest BCUT2D eigenvalue weighted by atomic mass is 32.2. The van der Waals surface area contributed by atoms with Crippen molar-refractivity contribution >= 4 is 35.0 Å². The summed E-state index contributed by atoms with van der Waals surface area (Å²) in [5, 5.41) is 14.5. The Balaban J connectivity index is 1.66. The Morgan fingerprint density at radius 3 is 2.91 bits per heavy atom. The molecule has 2 aromatic rings. The summed E-state index contributed by atoms with van der Waals surface area (Å²) < 4.78 is 1.51. The van der Waals surface area contributed by atoms with Crippen LogP contribution in [0.2, 0.25) is 0 Å². The zero-order valence-electron chi connectivity index (χ0n) is 12.6. The average Bonchev–Trinajstić information content (AvgIpc) is 3.14. The molecule has 1 N–H and O–H groups in total. The van der Waals surface area contributed by atoms with Crippen molar-refractivity contribution in [1.29, 1.82) is 0 Å². The molecular formula is C14H16N6O2S. The molecule has 0 aliphatic carbocycles. The molecule has 1 aromatic heterocycles. The lowest BCUT2D eigenvalue weighted by molar-refractivity contribution is -0.117. The molecule has 1 aliphatic rings. The van der Waals surface area contributed by atoms with Crippen LogP contribution in [-0.2, 0) is 16.6 Å². The maximum absolute atomic E-state index is 12.2. The summed E-state index contributed by atoms with van der Waals surface area (Å²) in [5.74, 6) is 0.111. The molecule has 23 heavy (non-hydrogen) atoms. The second-order valence-electron chi connectivity index (χ2n) is 5.09. The number of carbonyl (C=O) groups excluding carboxylic acids is 2. The van der Waals surface area contributed by atoms with E-state index in [1.807, 2.05) is 18.2 Å². The van der Waals surface area contributed by atoms with Crippen molar-refractivity contribution in [3.63, 3.8) is 0 Å². The predicted octanol–water partition coefficient (Wildman–Crippen LogP) is 1.07. The molecule has 8 nitrogen and oxygen atoms in total. The highest BCUT2D eigenvalue weighted by Gasteiger charge is 2.24. The number of nitrogens with one attached hydrogen (secondary N) is 1. The summed E-state index contributed by atoms with van der Waals surface area (Å²) >= 11 is 1.25. The number of nitrogens with zero attached hydrogens (tertiary/aromatic N) is 5. The number of amides is 2. The summed E-state index contributed by atoms with van der Waals surface area (Å²) in [4.78, 5) is 25.8. The standard InChI is InChI=1S/C14H16N6O2S/c1-19-14(16-17-18-19)23-9-12(21)15-10-5-2-3-6-11(10)20-8-4-7-13(20)22/h2-3,5-6H,4,7-9H2,1H3,(H,15,21). The van der Waals surface area contributed by atoms with Gasteiger partial charge in [0.25, 0.3) is 0 Å². The summed E-state index contributed by atoms with van der Waals surface area (Å²) in [6.07, 6.45) is 1.40. The van der Waals surface area contributed by atoms with Crippen LogP contribution in [0, 0.1) is 0 Å². The van der Waals surface area contributed by atoms with Crippen molar-refractivity contribution < 1.29 is 9.59 Å². The van der Waals surface area contributed by atoms with Gasteiger partial charge in [-0.15, -0.1) is 5.10 Å². The lowest BCUT2D eigenvalue weighted by Crippen LogP contribution is -2.26. The van der Waals surface area contributed by atoms with Crippen molar-refractivity contribution in [3.05, 3.63) is 24.3 Å². The SMILES string of the molecule is Cn1nnnc1SCC(=O)Nc1ccccc1N1CCCC1=O. The molecule has 1 aromatic carbocycles. The number of thioether (sulfide) groups is 1. The van der Waals surface area contributed by atoms with Gasteiger partial charge < -0.3 is 10.2 Å². The third-order valence-electron chi connectivity index (χ3n) is 3.46. The zero-order valence-corrected chi connectivity index (χ0v) is 13.4. The van der Waals surface area contributed by atoms with E-state index in [0.717, 1.165) is 12.1 Å². The van der Waals surface area contributed by atoms with Gasteiger partial charge >= 0.3 is 0 Å². The molecule has 1 fully saturated rings. The Hall–Kier alpha value is -2.42. The molecule has 2 heterocycles. The number of rotatable bonds is 5. The number of hydrogen-bond acceptors (Lipinski definition) is 6. The molecule has 9 heteroatoms. The smallest absolute Gasteiger partial charge is 0.234 e. The van der Waals surface area contributed by atoms with Gasteiger partial charge in [0.1, 0.15) is 0 Å². The Morgan fingerprint density at radius 2 is 2.22 bits per heavy atom.